The quantitative estimate of drug-likeness (QED) is 0.861. The van der Waals surface area contributed by atoms with Crippen molar-refractivity contribution in [2.75, 3.05) is 13.1 Å². The van der Waals surface area contributed by atoms with Crippen LogP contribution in [0.4, 0.5) is 0 Å². The van der Waals surface area contributed by atoms with Gasteiger partial charge in [-0.2, -0.15) is 0 Å². The van der Waals surface area contributed by atoms with Crippen LogP contribution in [0, 0.1) is 0 Å². The van der Waals surface area contributed by atoms with Gasteiger partial charge < -0.3 is 4.98 Å². The number of hydrogen-bond acceptors (Lipinski definition) is 2. The summed E-state index contributed by atoms with van der Waals surface area (Å²) in [7, 11) is 0. The Kier molecular flexibility index (Phi) is 2.57. The number of hydrogen-bond donors (Lipinski definition) is 1. The van der Waals surface area contributed by atoms with E-state index in [1.54, 1.807) is 6.92 Å². The fraction of sp³-hybridized carbons (Fsp3) is 0.353. The van der Waals surface area contributed by atoms with Crippen LogP contribution in [0.15, 0.2) is 35.9 Å². The van der Waals surface area contributed by atoms with Gasteiger partial charge in [-0.05, 0) is 31.4 Å². The van der Waals surface area contributed by atoms with E-state index in [0.717, 1.165) is 31.5 Å². The third-order valence-corrected chi connectivity index (χ3v) is 4.62. The molecule has 1 unspecified atom stereocenters. The number of benzene rings is 1. The molecule has 1 atom stereocenters. The average molecular weight is 266 g/mol. The van der Waals surface area contributed by atoms with Crippen molar-refractivity contribution in [2.24, 2.45) is 0 Å². The number of aromatic nitrogens is 1. The standard InChI is InChI=1S/C17H18N2O/c1-11(20)12-6-4-9-19-10-8-14-13-5-2-3-7-15(13)18-16(14)17(12)19/h2-3,5-7,17-18H,4,8-10H2,1H3. The maximum Gasteiger partial charge on any atom is 0.157 e. The molecule has 0 bridgehead atoms. The highest BCUT2D eigenvalue weighted by Crippen LogP contribution is 2.40. The molecule has 1 N–H and O–H groups in total. The van der Waals surface area contributed by atoms with E-state index in [1.165, 1.54) is 22.2 Å². The molecule has 3 heterocycles. The SMILES string of the molecule is CC(=O)C1=CCCN2CCc3c([nH]c4ccccc34)C12. The molecule has 1 aromatic heterocycles. The van der Waals surface area contributed by atoms with Gasteiger partial charge in [0.15, 0.2) is 5.78 Å². The molecular weight excluding hydrogens is 248 g/mol. The number of nitrogens with zero attached hydrogens (tertiary/aromatic N) is 1. The van der Waals surface area contributed by atoms with Crippen LogP contribution in [-0.4, -0.2) is 28.8 Å². The highest BCUT2D eigenvalue weighted by atomic mass is 16.1. The molecule has 20 heavy (non-hydrogen) atoms. The summed E-state index contributed by atoms with van der Waals surface area (Å²) in [6, 6.07) is 8.59. The van der Waals surface area contributed by atoms with Crippen molar-refractivity contribution in [3.05, 3.63) is 47.2 Å². The minimum Gasteiger partial charge on any atom is -0.357 e. The number of fused-ring (bicyclic) bond motifs is 5. The molecule has 2 aliphatic heterocycles. The lowest BCUT2D eigenvalue weighted by molar-refractivity contribution is -0.114. The Labute approximate surface area is 118 Å². The first-order valence-corrected chi connectivity index (χ1v) is 7.30. The van der Waals surface area contributed by atoms with Crippen molar-refractivity contribution in [3.8, 4) is 0 Å². The number of ketones is 1. The van der Waals surface area contributed by atoms with Gasteiger partial charge in [-0.25, -0.2) is 0 Å². The van der Waals surface area contributed by atoms with Gasteiger partial charge in [0.2, 0.25) is 0 Å². The van der Waals surface area contributed by atoms with Crippen LogP contribution < -0.4 is 0 Å². The summed E-state index contributed by atoms with van der Waals surface area (Å²) >= 11 is 0. The monoisotopic (exact) mass is 266 g/mol. The van der Waals surface area contributed by atoms with Crippen molar-refractivity contribution in [3.63, 3.8) is 0 Å². The molecule has 0 spiro atoms. The maximum absolute atomic E-state index is 12.0. The third-order valence-electron chi connectivity index (χ3n) is 4.62. The number of nitrogens with one attached hydrogen (secondary N) is 1. The van der Waals surface area contributed by atoms with E-state index in [4.69, 9.17) is 0 Å². The van der Waals surface area contributed by atoms with E-state index in [2.05, 4.69) is 40.2 Å². The number of carbonyl (C=O) groups excluding carboxylic acids is 1. The summed E-state index contributed by atoms with van der Waals surface area (Å²) in [5, 5.41) is 1.32. The van der Waals surface area contributed by atoms with Gasteiger partial charge in [0.25, 0.3) is 0 Å². The van der Waals surface area contributed by atoms with Crippen molar-refractivity contribution in [1.82, 2.24) is 9.88 Å². The molecule has 1 aromatic carbocycles. The lowest BCUT2D eigenvalue weighted by Crippen LogP contribution is -2.40. The molecule has 3 nitrogen and oxygen atoms in total. The van der Waals surface area contributed by atoms with Crippen molar-refractivity contribution >= 4 is 16.7 Å². The third kappa shape index (κ3) is 1.59. The zero-order valence-corrected chi connectivity index (χ0v) is 11.6. The number of aromatic amines is 1. The van der Waals surface area contributed by atoms with Crippen LogP contribution >= 0.6 is 0 Å². The lowest BCUT2D eigenvalue weighted by Gasteiger charge is -2.39. The van der Waals surface area contributed by atoms with Crippen LogP contribution in [-0.2, 0) is 11.2 Å². The fourth-order valence-electron chi connectivity index (χ4n) is 3.72. The van der Waals surface area contributed by atoms with Crippen molar-refractivity contribution in [1.29, 1.82) is 0 Å². The van der Waals surface area contributed by atoms with Gasteiger partial charge in [-0.15, -0.1) is 0 Å². The Morgan fingerprint density at radius 2 is 2.15 bits per heavy atom. The first-order chi connectivity index (χ1) is 9.75. The summed E-state index contributed by atoms with van der Waals surface area (Å²) in [4.78, 5) is 18.0. The van der Waals surface area contributed by atoms with E-state index in [9.17, 15) is 4.79 Å². The van der Waals surface area contributed by atoms with Gasteiger partial charge in [0.05, 0.1) is 6.04 Å². The number of H-pyrrole nitrogens is 1. The number of carbonyl (C=O) groups is 1. The highest BCUT2D eigenvalue weighted by molar-refractivity contribution is 5.95. The first-order valence-electron chi connectivity index (χ1n) is 7.30. The van der Waals surface area contributed by atoms with Gasteiger partial charge in [-0.3, -0.25) is 9.69 Å². The van der Waals surface area contributed by atoms with E-state index in [1.807, 2.05) is 0 Å². The summed E-state index contributed by atoms with van der Waals surface area (Å²) in [5.74, 6) is 0.200. The van der Waals surface area contributed by atoms with Crippen LogP contribution in [0.25, 0.3) is 10.9 Å². The number of para-hydroxylation sites is 1. The zero-order chi connectivity index (χ0) is 13.7. The Morgan fingerprint density at radius 3 is 3.00 bits per heavy atom. The van der Waals surface area contributed by atoms with Crippen LogP contribution in [0.3, 0.4) is 0 Å². The van der Waals surface area contributed by atoms with Crippen molar-refractivity contribution < 1.29 is 4.79 Å². The summed E-state index contributed by atoms with van der Waals surface area (Å²) in [6.07, 6.45) is 4.19. The van der Waals surface area contributed by atoms with Crippen molar-refractivity contribution in [2.45, 2.75) is 25.8 Å². The second-order valence-corrected chi connectivity index (χ2v) is 5.76. The molecule has 0 radical (unpaired) electrons. The van der Waals surface area contributed by atoms with Crippen LogP contribution in [0.2, 0.25) is 0 Å². The molecule has 102 valence electrons. The predicted molar refractivity (Wildman–Crippen MR) is 79.7 cm³/mol. The minimum absolute atomic E-state index is 0.136. The average Bonchev–Trinajstić information content (AvgIpc) is 2.85. The fourth-order valence-corrected chi connectivity index (χ4v) is 3.72. The molecule has 2 aromatic rings. The lowest BCUT2D eigenvalue weighted by atomic mass is 9.87. The molecule has 0 aliphatic carbocycles. The Hall–Kier alpha value is -1.87. The van der Waals surface area contributed by atoms with Crippen LogP contribution in [0.5, 0.6) is 0 Å². The normalized spacial score (nSPS) is 22.2. The summed E-state index contributed by atoms with van der Waals surface area (Å²) in [6.45, 7) is 3.78. The molecular formula is C17H18N2O. The topological polar surface area (TPSA) is 36.1 Å². The Morgan fingerprint density at radius 1 is 1.30 bits per heavy atom. The summed E-state index contributed by atoms with van der Waals surface area (Å²) < 4.78 is 0. The maximum atomic E-state index is 12.0. The molecule has 2 aliphatic rings. The molecule has 3 heteroatoms. The summed E-state index contributed by atoms with van der Waals surface area (Å²) in [5.41, 5.74) is 4.78. The molecule has 0 amide bonds. The first kappa shape index (κ1) is 11.9. The predicted octanol–water partition coefficient (Wildman–Crippen LogP) is 2.99. The minimum atomic E-state index is 0.136. The number of Topliss-reactive ketones (excluding diaryl/α,β-unsaturated/α-hetero) is 1. The largest absolute Gasteiger partial charge is 0.357 e. The zero-order valence-electron chi connectivity index (χ0n) is 11.6. The second-order valence-electron chi connectivity index (χ2n) is 5.76. The van der Waals surface area contributed by atoms with Gasteiger partial charge in [0, 0.05) is 35.3 Å². The van der Waals surface area contributed by atoms with Gasteiger partial charge in [0.1, 0.15) is 0 Å². The highest BCUT2D eigenvalue weighted by Gasteiger charge is 2.35. The van der Waals surface area contributed by atoms with Gasteiger partial charge >= 0.3 is 0 Å². The molecule has 0 saturated heterocycles. The Bertz CT molecular complexity index is 726. The number of rotatable bonds is 1. The molecule has 4 rings (SSSR count). The van der Waals surface area contributed by atoms with E-state index >= 15 is 0 Å². The second kappa shape index (κ2) is 4.32. The smallest absolute Gasteiger partial charge is 0.157 e. The molecule has 0 saturated carbocycles. The molecule has 0 fully saturated rings. The van der Waals surface area contributed by atoms with E-state index in [-0.39, 0.29) is 11.8 Å². The van der Waals surface area contributed by atoms with E-state index < -0.39 is 0 Å². The van der Waals surface area contributed by atoms with Gasteiger partial charge in [-0.1, -0.05) is 24.3 Å². The van der Waals surface area contributed by atoms with Crippen LogP contribution in [0.1, 0.15) is 30.6 Å². The Balaban J connectivity index is 1.94. The van der Waals surface area contributed by atoms with E-state index in [0.29, 0.717) is 0 Å².